The highest BCUT2D eigenvalue weighted by Gasteiger charge is 2.05. The van der Waals surface area contributed by atoms with Gasteiger partial charge in [0.2, 0.25) is 0 Å². The number of halogens is 2. The van der Waals surface area contributed by atoms with Gasteiger partial charge in [0.05, 0.1) is 10.6 Å². The Labute approximate surface area is 173 Å². The fourth-order valence-corrected chi connectivity index (χ4v) is 3.45. The van der Waals surface area contributed by atoms with Crippen molar-refractivity contribution in [3.63, 3.8) is 0 Å². The molecule has 3 rings (SSSR count). The van der Waals surface area contributed by atoms with Crippen molar-refractivity contribution < 1.29 is 9.66 Å². The lowest BCUT2D eigenvalue weighted by Crippen LogP contribution is -1.96. The Hall–Kier alpha value is -2.51. The summed E-state index contributed by atoms with van der Waals surface area (Å²) in [6.45, 7) is 0.453. The lowest BCUT2D eigenvalue weighted by atomic mass is 10.2. The Balaban J connectivity index is 1.63. The van der Waals surface area contributed by atoms with E-state index in [0.29, 0.717) is 12.3 Å². The number of nitro benzene ring substituents is 1. The van der Waals surface area contributed by atoms with Gasteiger partial charge in [0.25, 0.3) is 5.69 Å². The molecule has 0 bridgehead atoms. The summed E-state index contributed by atoms with van der Waals surface area (Å²) in [5.74, 6) is 0.748. The van der Waals surface area contributed by atoms with Gasteiger partial charge in [-0.1, -0.05) is 44.0 Å². The summed E-state index contributed by atoms with van der Waals surface area (Å²) in [7, 11) is 0. The molecule has 0 spiro atoms. The second-order valence-electron chi connectivity index (χ2n) is 5.63. The third kappa shape index (κ3) is 5.48. The van der Waals surface area contributed by atoms with Gasteiger partial charge < -0.3 is 4.74 Å². The van der Waals surface area contributed by atoms with Crippen molar-refractivity contribution in [1.29, 1.82) is 0 Å². The number of non-ortho nitro benzene ring substituents is 1. The molecule has 0 aromatic heterocycles. The van der Waals surface area contributed by atoms with E-state index in [2.05, 4.69) is 36.9 Å². The number of aliphatic imine (C=N–C) groups is 1. The minimum absolute atomic E-state index is 0.0208. The molecule has 0 radical (unpaired) electrons. The lowest BCUT2D eigenvalue weighted by molar-refractivity contribution is -0.384. The van der Waals surface area contributed by atoms with Crippen LogP contribution >= 0.6 is 31.9 Å². The van der Waals surface area contributed by atoms with E-state index in [1.807, 2.05) is 42.5 Å². The van der Waals surface area contributed by atoms with Crippen LogP contribution in [0.15, 0.2) is 80.7 Å². The van der Waals surface area contributed by atoms with Crippen molar-refractivity contribution >= 4 is 49.4 Å². The van der Waals surface area contributed by atoms with Gasteiger partial charge in [-0.25, -0.2) is 0 Å². The standard InChI is InChI=1S/C20H14Br2N2O3/c21-16-7-6-15(20(22)10-16)13-27-19-8-4-14(5-9-19)12-23-17-2-1-3-18(11-17)24(25)26/h1-12H,13H2. The quantitative estimate of drug-likeness (QED) is 0.227. The Kier molecular flexibility index (Phi) is 6.36. The molecule has 3 aromatic rings. The van der Waals surface area contributed by atoms with Gasteiger partial charge in [0.15, 0.2) is 0 Å². The molecule has 5 nitrogen and oxygen atoms in total. The molecule has 0 fully saturated rings. The summed E-state index contributed by atoms with van der Waals surface area (Å²) in [4.78, 5) is 14.6. The fourth-order valence-electron chi connectivity index (χ4n) is 2.29. The average Bonchev–Trinajstić information content (AvgIpc) is 2.67. The average molecular weight is 490 g/mol. The van der Waals surface area contributed by atoms with Crippen LogP contribution < -0.4 is 4.74 Å². The van der Waals surface area contributed by atoms with E-state index in [-0.39, 0.29) is 5.69 Å². The molecule has 0 aliphatic heterocycles. The molecule has 0 unspecified atom stereocenters. The minimum atomic E-state index is -0.436. The minimum Gasteiger partial charge on any atom is -0.489 e. The van der Waals surface area contributed by atoms with Crippen LogP contribution in [0.5, 0.6) is 5.75 Å². The monoisotopic (exact) mass is 488 g/mol. The van der Waals surface area contributed by atoms with Crippen LogP contribution in [0.1, 0.15) is 11.1 Å². The zero-order valence-electron chi connectivity index (χ0n) is 14.0. The second-order valence-corrected chi connectivity index (χ2v) is 7.40. The van der Waals surface area contributed by atoms with Crippen molar-refractivity contribution in [2.45, 2.75) is 6.61 Å². The molecule has 3 aromatic carbocycles. The maximum atomic E-state index is 10.8. The summed E-state index contributed by atoms with van der Waals surface area (Å²) in [5, 5.41) is 10.8. The van der Waals surface area contributed by atoms with E-state index < -0.39 is 4.92 Å². The molecule has 0 atom stereocenters. The third-order valence-electron chi connectivity index (χ3n) is 3.69. The van der Waals surface area contributed by atoms with Crippen molar-refractivity contribution in [3.8, 4) is 5.75 Å². The maximum absolute atomic E-state index is 10.8. The second kappa shape index (κ2) is 8.92. The molecular weight excluding hydrogens is 476 g/mol. The molecule has 136 valence electrons. The first-order valence-corrected chi connectivity index (χ1v) is 9.55. The number of rotatable bonds is 6. The van der Waals surface area contributed by atoms with Crippen LogP contribution in [0.3, 0.4) is 0 Å². The maximum Gasteiger partial charge on any atom is 0.271 e. The third-order valence-corrected chi connectivity index (χ3v) is 4.92. The van der Waals surface area contributed by atoms with Crippen molar-refractivity contribution in [2.75, 3.05) is 0 Å². The summed E-state index contributed by atoms with van der Waals surface area (Å²) >= 11 is 6.95. The molecule has 0 aliphatic carbocycles. The molecule has 0 amide bonds. The van der Waals surface area contributed by atoms with Crippen LogP contribution in [0.2, 0.25) is 0 Å². The number of nitrogens with zero attached hydrogens (tertiary/aromatic N) is 2. The number of hydrogen-bond acceptors (Lipinski definition) is 4. The van der Waals surface area contributed by atoms with E-state index in [9.17, 15) is 10.1 Å². The van der Waals surface area contributed by atoms with E-state index in [1.165, 1.54) is 12.1 Å². The van der Waals surface area contributed by atoms with Gasteiger partial charge in [0, 0.05) is 32.9 Å². The highest BCUT2D eigenvalue weighted by molar-refractivity contribution is 9.11. The van der Waals surface area contributed by atoms with Crippen molar-refractivity contribution in [3.05, 3.63) is 96.9 Å². The molecule has 0 saturated heterocycles. The molecule has 27 heavy (non-hydrogen) atoms. The zero-order chi connectivity index (χ0) is 19.2. The Bertz CT molecular complexity index is 989. The van der Waals surface area contributed by atoms with Gasteiger partial charge in [-0.05, 0) is 48.0 Å². The molecular formula is C20H14Br2N2O3. The van der Waals surface area contributed by atoms with Crippen LogP contribution in [-0.4, -0.2) is 11.1 Å². The fraction of sp³-hybridized carbons (Fsp3) is 0.0500. The number of benzene rings is 3. The number of hydrogen-bond donors (Lipinski definition) is 0. The molecule has 7 heteroatoms. The van der Waals surface area contributed by atoms with Crippen LogP contribution in [0.25, 0.3) is 0 Å². The van der Waals surface area contributed by atoms with E-state index in [0.717, 1.165) is 25.8 Å². The van der Waals surface area contributed by atoms with E-state index >= 15 is 0 Å². The first kappa shape index (κ1) is 19.3. The molecule has 0 heterocycles. The van der Waals surface area contributed by atoms with E-state index in [1.54, 1.807) is 18.3 Å². The van der Waals surface area contributed by atoms with Gasteiger partial charge in [-0.15, -0.1) is 0 Å². The predicted octanol–water partition coefficient (Wildman–Crippen LogP) is 6.45. The molecule has 0 saturated carbocycles. The Morgan fingerprint density at radius 3 is 2.52 bits per heavy atom. The topological polar surface area (TPSA) is 64.7 Å². The highest BCUT2D eigenvalue weighted by Crippen LogP contribution is 2.24. The largest absolute Gasteiger partial charge is 0.489 e. The normalized spacial score (nSPS) is 10.9. The van der Waals surface area contributed by atoms with Crippen LogP contribution in [0.4, 0.5) is 11.4 Å². The predicted molar refractivity (Wildman–Crippen MR) is 113 cm³/mol. The van der Waals surface area contributed by atoms with Crippen molar-refractivity contribution in [1.82, 2.24) is 0 Å². The van der Waals surface area contributed by atoms with Crippen LogP contribution in [0, 0.1) is 10.1 Å². The number of ether oxygens (including phenoxy) is 1. The Morgan fingerprint density at radius 2 is 1.81 bits per heavy atom. The molecule has 0 aliphatic rings. The van der Waals surface area contributed by atoms with Gasteiger partial charge >= 0.3 is 0 Å². The summed E-state index contributed by atoms with van der Waals surface area (Å²) < 4.78 is 7.80. The van der Waals surface area contributed by atoms with Gasteiger partial charge in [-0.2, -0.15) is 0 Å². The summed E-state index contributed by atoms with van der Waals surface area (Å²) in [6, 6.07) is 19.6. The van der Waals surface area contributed by atoms with E-state index in [4.69, 9.17) is 4.74 Å². The zero-order valence-corrected chi connectivity index (χ0v) is 17.2. The Morgan fingerprint density at radius 1 is 1.04 bits per heavy atom. The summed E-state index contributed by atoms with van der Waals surface area (Å²) in [5.41, 5.74) is 2.48. The van der Waals surface area contributed by atoms with Gasteiger partial charge in [0.1, 0.15) is 12.4 Å². The highest BCUT2D eigenvalue weighted by atomic mass is 79.9. The van der Waals surface area contributed by atoms with Crippen molar-refractivity contribution in [2.24, 2.45) is 4.99 Å². The van der Waals surface area contributed by atoms with Gasteiger partial charge in [-0.3, -0.25) is 15.1 Å². The smallest absolute Gasteiger partial charge is 0.271 e. The first-order valence-electron chi connectivity index (χ1n) is 7.96. The van der Waals surface area contributed by atoms with Crippen LogP contribution in [-0.2, 0) is 6.61 Å². The SMILES string of the molecule is O=[N+]([O-])c1cccc(N=Cc2ccc(OCc3ccc(Br)cc3Br)cc2)c1. The lowest BCUT2D eigenvalue weighted by Gasteiger charge is -2.08. The summed E-state index contributed by atoms with van der Waals surface area (Å²) in [6.07, 6.45) is 1.66. The number of nitro groups is 1. The first-order chi connectivity index (χ1) is 13.0. The molecule has 0 N–H and O–H groups in total.